The highest BCUT2D eigenvalue weighted by Gasteiger charge is 2.21. The van der Waals surface area contributed by atoms with Crippen LogP contribution in [0.1, 0.15) is 38.7 Å². The molecule has 9 heteroatoms. The maximum atomic E-state index is 12.5. The molecule has 0 fully saturated rings. The Balaban J connectivity index is 2.04. The van der Waals surface area contributed by atoms with Crippen LogP contribution in [-0.2, 0) is 23.1 Å². The average Bonchev–Trinajstić information content (AvgIpc) is 3.14. The van der Waals surface area contributed by atoms with Crippen LogP contribution in [0.25, 0.3) is 0 Å². The van der Waals surface area contributed by atoms with Gasteiger partial charge in [0.05, 0.1) is 11.1 Å². The largest absolute Gasteiger partial charge is 0.453 e. The molecule has 0 amide bonds. The number of methoxy groups -OCH3 is 1. The normalized spacial score (nSPS) is 10.8. The highest BCUT2D eigenvalue weighted by Crippen LogP contribution is 2.18. The molecular formula is C18H23N3O6. The summed E-state index contributed by atoms with van der Waals surface area (Å²) in [5, 5.41) is 10.8. The number of ketones is 1. The van der Waals surface area contributed by atoms with Gasteiger partial charge >= 0.3 is 5.97 Å². The van der Waals surface area contributed by atoms with E-state index in [1.165, 1.54) is 17.8 Å². The zero-order chi connectivity index (χ0) is 20.1. The number of esters is 1. The highest BCUT2D eigenvalue weighted by atomic mass is 16.6. The molecule has 0 aliphatic heterocycles. The number of aryl methyl sites for hydroxylation is 2. The molecular weight excluding hydrogens is 354 g/mol. The van der Waals surface area contributed by atoms with Gasteiger partial charge in [0, 0.05) is 50.3 Å². The Morgan fingerprint density at radius 1 is 1.26 bits per heavy atom. The van der Waals surface area contributed by atoms with Crippen LogP contribution in [0.2, 0.25) is 0 Å². The third kappa shape index (κ3) is 4.62. The van der Waals surface area contributed by atoms with Crippen molar-refractivity contribution in [1.29, 1.82) is 0 Å². The number of ether oxygens (including phenoxy) is 2. The quantitative estimate of drug-likeness (QED) is 0.218. The van der Waals surface area contributed by atoms with Crippen molar-refractivity contribution in [2.75, 3.05) is 20.3 Å². The molecule has 9 nitrogen and oxygen atoms in total. The molecule has 0 unspecified atom stereocenters. The Hall–Kier alpha value is -2.94. The molecule has 146 valence electrons. The van der Waals surface area contributed by atoms with Gasteiger partial charge < -0.3 is 18.6 Å². The first kappa shape index (κ1) is 20.4. The van der Waals surface area contributed by atoms with Crippen molar-refractivity contribution in [1.82, 2.24) is 9.13 Å². The third-order valence-electron chi connectivity index (χ3n) is 4.35. The lowest BCUT2D eigenvalue weighted by atomic mass is 10.1. The Labute approximate surface area is 156 Å². The van der Waals surface area contributed by atoms with Gasteiger partial charge in [-0.15, -0.1) is 0 Å². The van der Waals surface area contributed by atoms with Crippen LogP contribution in [0, 0.1) is 24.0 Å². The van der Waals surface area contributed by atoms with Crippen molar-refractivity contribution < 1.29 is 24.0 Å². The molecule has 2 aromatic rings. The monoisotopic (exact) mass is 377 g/mol. The first-order valence-electron chi connectivity index (χ1n) is 8.43. The molecule has 0 radical (unpaired) electrons. The fraction of sp³-hybridized carbons (Fsp3) is 0.444. The maximum absolute atomic E-state index is 12.5. The van der Waals surface area contributed by atoms with Gasteiger partial charge in [0.25, 0.3) is 5.69 Å². The summed E-state index contributed by atoms with van der Waals surface area (Å²) in [6, 6.07) is 2.89. The number of nitrogens with zero attached hydrogens (tertiary/aromatic N) is 3. The van der Waals surface area contributed by atoms with Crippen molar-refractivity contribution in [3.63, 3.8) is 0 Å². The minimum Gasteiger partial charge on any atom is -0.453 e. The number of hydrogen-bond donors (Lipinski definition) is 0. The van der Waals surface area contributed by atoms with E-state index in [1.54, 1.807) is 13.2 Å². The standard InChI is InChI=1S/C18H23N3O6/c1-12-8-15(13(2)20(12)6-5-7-26-4)17(22)11-27-18(23)16-9-14(21(24)25)10-19(16)3/h8-10H,5-7,11H2,1-4H3. The number of rotatable bonds is 9. The molecule has 0 saturated heterocycles. The molecule has 2 rings (SSSR count). The Morgan fingerprint density at radius 3 is 2.56 bits per heavy atom. The van der Waals surface area contributed by atoms with E-state index in [4.69, 9.17) is 9.47 Å². The molecule has 0 N–H and O–H groups in total. The molecule has 0 aromatic carbocycles. The topological polar surface area (TPSA) is 106 Å². The molecule has 0 aliphatic carbocycles. The molecule has 0 bridgehead atoms. The molecule has 0 aliphatic rings. The van der Waals surface area contributed by atoms with Crippen molar-refractivity contribution >= 4 is 17.4 Å². The number of nitro groups is 1. The van der Waals surface area contributed by atoms with Crippen LogP contribution >= 0.6 is 0 Å². The molecule has 0 saturated carbocycles. The predicted octanol–water partition coefficient (Wildman–Crippen LogP) is 2.43. The van der Waals surface area contributed by atoms with E-state index in [0.717, 1.165) is 30.4 Å². The predicted molar refractivity (Wildman–Crippen MR) is 97.1 cm³/mol. The molecule has 2 heterocycles. The molecule has 0 atom stereocenters. The summed E-state index contributed by atoms with van der Waals surface area (Å²) >= 11 is 0. The Bertz CT molecular complexity index is 865. The molecule has 2 aromatic heterocycles. The lowest BCUT2D eigenvalue weighted by molar-refractivity contribution is -0.384. The number of aromatic nitrogens is 2. The van der Waals surface area contributed by atoms with Crippen molar-refractivity contribution in [3.8, 4) is 0 Å². The van der Waals surface area contributed by atoms with E-state index in [9.17, 15) is 19.7 Å². The van der Waals surface area contributed by atoms with Gasteiger partial charge in [-0.1, -0.05) is 0 Å². The van der Waals surface area contributed by atoms with Crippen LogP contribution in [-0.4, -0.2) is 46.1 Å². The minimum absolute atomic E-state index is 0.0135. The lowest BCUT2D eigenvalue weighted by Gasteiger charge is -2.09. The van der Waals surface area contributed by atoms with Gasteiger partial charge in [-0.05, 0) is 26.3 Å². The van der Waals surface area contributed by atoms with E-state index in [1.807, 2.05) is 18.4 Å². The van der Waals surface area contributed by atoms with Crippen LogP contribution in [0.15, 0.2) is 18.3 Å². The number of carbonyl (C=O) groups is 2. The first-order valence-corrected chi connectivity index (χ1v) is 8.43. The summed E-state index contributed by atoms with van der Waals surface area (Å²) in [5.41, 5.74) is 2.04. The summed E-state index contributed by atoms with van der Waals surface area (Å²) in [5.74, 6) is -1.11. The minimum atomic E-state index is -0.784. The maximum Gasteiger partial charge on any atom is 0.355 e. The van der Waals surface area contributed by atoms with Gasteiger partial charge in [-0.3, -0.25) is 14.9 Å². The SMILES string of the molecule is COCCCn1c(C)cc(C(=O)COC(=O)c2cc([N+](=O)[O-])cn2C)c1C. The first-order chi connectivity index (χ1) is 12.8. The molecule has 27 heavy (non-hydrogen) atoms. The van der Waals surface area contributed by atoms with Crippen LogP contribution < -0.4 is 0 Å². The van der Waals surface area contributed by atoms with Crippen molar-refractivity contribution in [2.24, 2.45) is 7.05 Å². The second-order valence-electron chi connectivity index (χ2n) is 6.23. The van der Waals surface area contributed by atoms with Crippen molar-refractivity contribution in [2.45, 2.75) is 26.8 Å². The van der Waals surface area contributed by atoms with Crippen LogP contribution in [0.3, 0.4) is 0 Å². The lowest BCUT2D eigenvalue weighted by Crippen LogP contribution is -2.17. The van der Waals surface area contributed by atoms with E-state index in [0.29, 0.717) is 12.2 Å². The van der Waals surface area contributed by atoms with Gasteiger partial charge in [0.1, 0.15) is 5.69 Å². The Kier molecular flexibility index (Phi) is 6.51. The number of carbonyl (C=O) groups excluding carboxylic acids is 2. The van der Waals surface area contributed by atoms with E-state index in [2.05, 4.69) is 0 Å². The van der Waals surface area contributed by atoms with E-state index < -0.39 is 17.5 Å². The summed E-state index contributed by atoms with van der Waals surface area (Å²) in [6.07, 6.45) is 2.04. The zero-order valence-electron chi connectivity index (χ0n) is 15.9. The summed E-state index contributed by atoms with van der Waals surface area (Å²) < 4.78 is 13.4. The zero-order valence-corrected chi connectivity index (χ0v) is 15.9. The van der Waals surface area contributed by atoms with Crippen LogP contribution in [0.4, 0.5) is 5.69 Å². The van der Waals surface area contributed by atoms with E-state index >= 15 is 0 Å². The second kappa shape index (κ2) is 8.63. The fourth-order valence-corrected chi connectivity index (χ4v) is 2.93. The fourth-order valence-electron chi connectivity index (χ4n) is 2.93. The van der Waals surface area contributed by atoms with Crippen LogP contribution in [0.5, 0.6) is 0 Å². The van der Waals surface area contributed by atoms with Gasteiger partial charge in [0.15, 0.2) is 6.61 Å². The van der Waals surface area contributed by atoms with Gasteiger partial charge in [0.2, 0.25) is 5.78 Å². The number of hydrogen-bond acceptors (Lipinski definition) is 6. The summed E-state index contributed by atoms with van der Waals surface area (Å²) in [4.78, 5) is 34.8. The summed E-state index contributed by atoms with van der Waals surface area (Å²) in [7, 11) is 3.14. The smallest absolute Gasteiger partial charge is 0.355 e. The van der Waals surface area contributed by atoms with Gasteiger partial charge in [-0.2, -0.15) is 0 Å². The molecule has 0 spiro atoms. The number of Topliss-reactive ketones (excluding diaryl/α,β-unsaturated/α-hetero) is 1. The third-order valence-corrected chi connectivity index (χ3v) is 4.35. The second-order valence-corrected chi connectivity index (χ2v) is 6.23. The van der Waals surface area contributed by atoms with Gasteiger partial charge in [-0.25, -0.2) is 4.79 Å². The van der Waals surface area contributed by atoms with E-state index in [-0.39, 0.29) is 17.2 Å². The summed E-state index contributed by atoms with van der Waals surface area (Å²) in [6.45, 7) is 4.67. The Morgan fingerprint density at radius 2 is 1.96 bits per heavy atom. The van der Waals surface area contributed by atoms with Crippen molar-refractivity contribution in [3.05, 3.63) is 51.1 Å². The average molecular weight is 377 g/mol. The highest BCUT2D eigenvalue weighted by molar-refractivity contribution is 6.00.